The fraction of sp³-hybridized carbons (Fsp3) is 0.227. The van der Waals surface area contributed by atoms with Gasteiger partial charge >= 0.3 is 6.61 Å². The molecule has 0 saturated carbocycles. The van der Waals surface area contributed by atoms with Crippen LogP contribution < -0.4 is 20.1 Å². The fourth-order valence-corrected chi connectivity index (χ4v) is 2.95. The molecule has 0 aliphatic rings. The van der Waals surface area contributed by atoms with Crippen molar-refractivity contribution in [1.29, 1.82) is 0 Å². The van der Waals surface area contributed by atoms with E-state index in [0.717, 1.165) is 11.1 Å². The van der Waals surface area contributed by atoms with Crippen LogP contribution in [0.4, 0.5) is 8.78 Å². The van der Waals surface area contributed by atoms with Crippen molar-refractivity contribution < 1.29 is 27.8 Å². The van der Waals surface area contributed by atoms with E-state index in [1.807, 2.05) is 36.5 Å². The van der Waals surface area contributed by atoms with Crippen LogP contribution in [0.2, 0.25) is 0 Å². The summed E-state index contributed by atoms with van der Waals surface area (Å²) >= 11 is 0. The lowest BCUT2D eigenvalue weighted by atomic mass is 10.1. The molecule has 0 bridgehead atoms. The minimum atomic E-state index is -3.02. The second-order valence-corrected chi connectivity index (χ2v) is 6.73. The number of hydrogen-bond donors (Lipinski definition) is 2. The van der Waals surface area contributed by atoms with Gasteiger partial charge in [-0.1, -0.05) is 24.3 Å². The number of amides is 2. The average Bonchev–Trinajstić information content (AvgIpc) is 3.29. The van der Waals surface area contributed by atoms with Gasteiger partial charge in [0.2, 0.25) is 5.91 Å². The summed E-state index contributed by atoms with van der Waals surface area (Å²) in [5.41, 5.74) is 2.10. The molecule has 3 rings (SSSR count). The zero-order valence-corrected chi connectivity index (χ0v) is 17.3. The van der Waals surface area contributed by atoms with Gasteiger partial charge in [-0.25, -0.2) is 0 Å². The molecule has 10 heteroatoms. The molecule has 0 aliphatic heterocycles. The third-order valence-electron chi connectivity index (χ3n) is 4.44. The van der Waals surface area contributed by atoms with E-state index in [2.05, 4.69) is 20.5 Å². The summed E-state index contributed by atoms with van der Waals surface area (Å²) in [4.78, 5) is 24.4. The molecule has 2 N–H and O–H groups in total. The molecular formula is C22H22F2N4O4. The zero-order valence-electron chi connectivity index (χ0n) is 17.3. The third kappa shape index (κ3) is 6.53. The van der Waals surface area contributed by atoms with Crippen molar-refractivity contribution in [2.24, 2.45) is 0 Å². The standard InChI is InChI=1S/C22H22F2N4O4/c1-31-19-11-17(6-7-18(19)32-22(23)24)21(30)26-13-20(29)25-12-15-4-2-5-16(10-15)14-28-9-3-8-27-28/h2-11,22H,12-14H2,1H3,(H,25,29)(H,26,30). The molecule has 32 heavy (non-hydrogen) atoms. The maximum absolute atomic E-state index is 12.4. The summed E-state index contributed by atoms with van der Waals surface area (Å²) in [6, 6.07) is 13.3. The van der Waals surface area contributed by atoms with Crippen molar-refractivity contribution >= 4 is 11.8 Å². The summed E-state index contributed by atoms with van der Waals surface area (Å²) in [7, 11) is 1.27. The molecule has 0 unspecified atom stereocenters. The highest BCUT2D eigenvalue weighted by Crippen LogP contribution is 2.29. The Bertz CT molecular complexity index is 1060. The van der Waals surface area contributed by atoms with E-state index in [1.165, 1.54) is 25.3 Å². The minimum absolute atomic E-state index is 0.0163. The van der Waals surface area contributed by atoms with Crippen LogP contribution in [0.3, 0.4) is 0 Å². The van der Waals surface area contributed by atoms with Gasteiger partial charge in [-0.3, -0.25) is 14.3 Å². The molecule has 0 atom stereocenters. The van der Waals surface area contributed by atoms with E-state index in [-0.39, 0.29) is 29.5 Å². The summed E-state index contributed by atoms with van der Waals surface area (Å²) < 4.78 is 35.9. The number of halogens is 2. The number of nitrogens with zero attached hydrogens (tertiary/aromatic N) is 2. The van der Waals surface area contributed by atoms with Gasteiger partial charge in [-0.15, -0.1) is 0 Å². The molecule has 0 saturated heterocycles. The number of ether oxygens (including phenoxy) is 2. The first kappa shape index (κ1) is 22.7. The Kier molecular flexibility index (Phi) is 7.74. The SMILES string of the molecule is COc1cc(C(=O)NCC(=O)NCc2cccc(Cn3cccn3)c2)ccc1OC(F)F. The van der Waals surface area contributed by atoms with Gasteiger partial charge < -0.3 is 20.1 Å². The minimum Gasteiger partial charge on any atom is -0.493 e. The number of hydrogen-bond acceptors (Lipinski definition) is 5. The molecule has 8 nitrogen and oxygen atoms in total. The normalized spacial score (nSPS) is 10.6. The number of rotatable bonds is 10. The molecular weight excluding hydrogens is 422 g/mol. The Balaban J connectivity index is 1.49. The first-order valence-electron chi connectivity index (χ1n) is 9.67. The molecule has 1 heterocycles. The number of benzene rings is 2. The van der Waals surface area contributed by atoms with Crippen molar-refractivity contribution in [3.05, 3.63) is 77.6 Å². The van der Waals surface area contributed by atoms with Crippen molar-refractivity contribution in [2.75, 3.05) is 13.7 Å². The van der Waals surface area contributed by atoms with E-state index in [1.54, 1.807) is 10.9 Å². The highest BCUT2D eigenvalue weighted by Gasteiger charge is 2.15. The summed E-state index contributed by atoms with van der Waals surface area (Å²) in [6.07, 6.45) is 3.58. The van der Waals surface area contributed by atoms with Crippen molar-refractivity contribution in [2.45, 2.75) is 19.7 Å². The molecule has 0 radical (unpaired) electrons. The van der Waals surface area contributed by atoms with Crippen LogP contribution in [0.1, 0.15) is 21.5 Å². The lowest BCUT2D eigenvalue weighted by molar-refractivity contribution is -0.120. The monoisotopic (exact) mass is 444 g/mol. The van der Waals surface area contributed by atoms with E-state index in [0.29, 0.717) is 13.1 Å². The molecule has 0 spiro atoms. The summed E-state index contributed by atoms with van der Waals surface area (Å²) in [5, 5.41) is 9.39. The van der Waals surface area contributed by atoms with Crippen LogP contribution in [0.25, 0.3) is 0 Å². The van der Waals surface area contributed by atoms with Crippen LogP contribution in [0, 0.1) is 0 Å². The van der Waals surface area contributed by atoms with Crippen molar-refractivity contribution in [3.8, 4) is 11.5 Å². The van der Waals surface area contributed by atoms with E-state index in [9.17, 15) is 18.4 Å². The van der Waals surface area contributed by atoms with Gasteiger partial charge in [0.15, 0.2) is 11.5 Å². The molecule has 2 amide bonds. The Morgan fingerprint density at radius 3 is 2.59 bits per heavy atom. The van der Waals surface area contributed by atoms with Crippen LogP contribution in [0.15, 0.2) is 60.9 Å². The number of carbonyl (C=O) groups is 2. The van der Waals surface area contributed by atoms with Gasteiger partial charge in [0.1, 0.15) is 0 Å². The van der Waals surface area contributed by atoms with Gasteiger partial charge in [-0.05, 0) is 35.4 Å². The van der Waals surface area contributed by atoms with Gasteiger partial charge in [0, 0.05) is 24.5 Å². The van der Waals surface area contributed by atoms with Crippen molar-refractivity contribution in [3.63, 3.8) is 0 Å². The molecule has 0 fully saturated rings. The fourth-order valence-electron chi connectivity index (χ4n) is 2.95. The van der Waals surface area contributed by atoms with Crippen LogP contribution >= 0.6 is 0 Å². The highest BCUT2D eigenvalue weighted by molar-refractivity contribution is 5.97. The summed E-state index contributed by atoms with van der Waals surface area (Å²) in [6.45, 7) is -2.34. The smallest absolute Gasteiger partial charge is 0.387 e. The number of aromatic nitrogens is 2. The maximum atomic E-state index is 12.4. The first-order valence-corrected chi connectivity index (χ1v) is 9.67. The predicted octanol–water partition coefficient (Wildman–Crippen LogP) is 2.59. The Morgan fingerprint density at radius 2 is 1.88 bits per heavy atom. The molecule has 2 aromatic carbocycles. The first-order chi connectivity index (χ1) is 15.4. The third-order valence-corrected chi connectivity index (χ3v) is 4.44. The van der Waals surface area contributed by atoms with E-state index < -0.39 is 12.5 Å². The van der Waals surface area contributed by atoms with Crippen LogP contribution in [-0.4, -0.2) is 41.9 Å². The lowest BCUT2D eigenvalue weighted by Crippen LogP contribution is -2.36. The highest BCUT2D eigenvalue weighted by atomic mass is 19.3. The van der Waals surface area contributed by atoms with Gasteiger partial charge in [0.25, 0.3) is 5.91 Å². The second kappa shape index (κ2) is 10.9. The molecule has 168 valence electrons. The largest absolute Gasteiger partial charge is 0.493 e. The van der Waals surface area contributed by atoms with Gasteiger partial charge in [0.05, 0.1) is 20.2 Å². The Hall–Kier alpha value is -3.95. The predicted molar refractivity (Wildman–Crippen MR) is 112 cm³/mol. The van der Waals surface area contributed by atoms with E-state index >= 15 is 0 Å². The second-order valence-electron chi connectivity index (χ2n) is 6.73. The molecule has 1 aromatic heterocycles. The molecule has 3 aromatic rings. The average molecular weight is 444 g/mol. The number of carbonyl (C=O) groups excluding carboxylic acids is 2. The van der Waals surface area contributed by atoms with E-state index in [4.69, 9.17) is 4.74 Å². The zero-order chi connectivity index (χ0) is 22.9. The number of nitrogens with one attached hydrogen (secondary N) is 2. The Labute approximate surface area is 183 Å². The number of methoxy groups -OCH3 is 1. The summed E-state index contributed by atoms with van der Waals surface area (Å²) in [5.74, 6) is -1.13. The number of alkyl halides is 2. The van der Waals surface area contributed by atoms with Crippen LogP contribution in [-0.2, 0) is 17.9 Å². The van der Waals surface area contributed by atoms with Crippen LogP contribution in [0.5, 0.6) is 11.5 Å². The van der Waals surface area contributed by atoms with Gasteiger partial charge in [-0.2, -0.15) is 13.9 Å². The van der Waals surface area contributed by atoms with Crippen molar-refractivity contribution in [1.82, 2.24) is 20.4 Å². The molecule has 0 aliphatic carbocycles. The maximum Gasteiger partial charge on any atom is 0.387 e. The topological polar surface area (TPSA) is 94.5 Å². The quantitative estimate of drug-likeness (QED) is 0.501. The lowest BCUT2D eigenvalue weighted by Gasteiger charge is -2.12. The Morgan fingerprint density at radius 1 is 1.06 bits per heavy atom.